The Hall–Kier alpha value is -1.08. The van der Waals surface area contributed by atoms with Gasteiger partial charge in [0.1, 0.15) is 5.41 Å². The van der Waals surface area contributed by atoms with E-state index in [0.29, 0.717) is 13.0 Å². The molecule has 0 aliphatic rings. The summed E-state index contributed by atoms with van der Waals surface area (Å²) >= 11 is 0. The van der Waals surface area contributed by atoms with Gasteiger partial charge in [0.05, 0.1) is 18.7 Å². The van der Waals surface area contributed by atoms with Crippen LogP contribution in [0.2, 0.25) is 0 Å². The number of amides is 1. The van der Waals surface area contributed by atoms with E-state index in [1.807, 2.05) is 6.92 Å². The molecule has 0 saturated carbocycles. The molecule has 0 aliphatic carbocycles. The van der Waals surface area contributed by atoms with Crippen molar-refractivity contribution >= 4 is 5.91 Å². The minimum Gasteiger partial charge on any atom is -0.383 e. The first-order valence-electron chi connectivity index (χ1n) is 5.75. The largest absolute Gasteiger partial charge is 0.383 e. The van der Waals surface area contributed by atoms with Crippen molar-refractivity contribution in [1.29, 1.82) is 5.26 Å². The molecule has 0 spiro atoms. The highest BCUT2D eigenvalue weighted by molar-refractivity contribution is 5.85. The Balaban J connectivity index is 4.44. The second kappa shape index (κ2) is 7.24. The maximum absolute atomic E-state index is 11.9. The molecule has 2 atom stereocenters. The van der Waals surface area contributed by atoms with E-state index in [4.69, 9.17) is 10.00 Å². The molecule has 4 heteroatoms. The van der Waals surface area contributed by atoms with Gasteiger partial charge in [-0.05, 0) is 19.8 Å². The highest BCUT2D eigenvalue weighted by Gasteiger charge is 2.32. The van der Waals surface area contributed by atoms with Gasteiger partial charge >= 0.3 is 0 Å². The van der Waals surface area contributed by atoms with Crippen molar-refractivity contribution in [1.82, 2.24) is 5.32 Å². The van der Waals surface area contributed by atoms with Gasteiger partial charge in [-0.25, -0.2) is 0 Å². The quantitative estimate of drug-likeness (QED) is 0.720. The zero-order chi connectivity index (χ0) is 12.6. The molecule has 0 aliphatic heterocycles. The van der Waals surface area contributed by atoms with Gasteiger partial charge in [-0.1, -0.05) is 20.3 Å². The van der Waals surface area contributed by atoms with E-state index < -0.39 is 5.41 Å². The van der Waals surface area contributed by atoms with Gasteiger partial charge in [-0.3, -0.25) is 4.79 Å². The second-order valence-corrected chi connectivity index (χ2v) is 4.21. The summed E-state index contributed by atoms with van der Waals surface area (Å²) in [5.74, 6) is -0.201. The zero-order valence-electron chi connectivity index (χ0n) is 10.7. The first-order chi connectivity index (χ1) is 7.53. The predicted octanol–water partition coefficient (Wildman–Crippen LogP) is 1.86. The third-order valence-electron chi connectivity index (χ3n) is 2.80. The fraction of sp³-hybridized carbons (Fsp3) is 0.833. The number of nitriles is 1. The van der Waals surface area contributed by atoms with E-state index in [9.17, 15) is 4.79 Å². The average molecular weight is 226 g/mol. The third kappa shape index (κ3) is 4.19. The second-order valence-electron chi connectivity index (χ2n) is 4.21. The summed E-state index contributed by atoms with van der Waals surface area (Å²) in [6.07, 6.45) is 2.36. The molecule has 0 aromatic heterocycles. The van der Waals surface area contributed by atoms with Gasteiger partial charge in [-0.15, -0.1) is 0 Å². The lowest BCUT2D eigenvalue weighted by Gasteiger charge is -2.23. The number of carbonyl (C=O) groups excluding carboxylic acids is 1. The van der Waals surface area contributed by atoms with Crippen molar-refractivity contribution in [2.45, 2.75) is 46.1 Å². The summed E-state index contributed by atoms with van der Waals surface area (Å²) in [6, 6.07) is 2.07. The van der Waals surface area contributed by atoms with Crippen LogP contribution in [0.3, 0.4) is 0 Å². The van der Waals surface area contributed by atoms with Crippen molar-refractivity contribution < 1.29 is 9.53 Å². The molecule has 1 N–H and O–H groups in total. The molecule has 0 bridgehead atoms. The highest BCUT2D eigenvalue weighted by Crippen LogP contribution is 2.20. The molecule has 0 heterocycles. The van der Waals surface area contributed by atoms with E-state index in [2.05, 4.69) is 18.3 Å². The maximum Gasteiger partial charge on any atom is 0.240 e. The van der Waals surface area contributed by atoms with Crippen LogP contribution in [-0.2, 0) is 9.53 Å². The standard InChI is InChI=1S/C12H22N2O2/c1-5-7-10(8-16-4)14-11(15)12(3,6-2)9-13/h10H,5-8H2,1-4H3,(H,14,15). The SMILES string of the molecule is CCCC(COC)NC(=O)C(C)(C#N)CC. The minimum absolute atomic E-state index is 0.00160. The Morgan fingerprint density at radius 2 is 2.19 bits per heavy atom. The number of methoxy groups -OCH3 is 1. The summed E-state index contributed by atoms with van der Waals surface area (Å²) in [5.41, 5.74) is -0.931. The maximum atomic E-state index is 11.9. The van der Waals surface area contributed by atoms with Crippen molar-refractivity contribution in [3.05, 3.63) is 0 Å². The lowest BCUT2D eigenvalue weighted by Crippen LogP contribution is -2.45. The summed E-state index contributed by atoms with van der Waals surface area (Å²) in [4.78, 5) is 11.9. The van der Waals surface area contributed by atoms with Gasteiger partial charge < -0.3 is 10.1 Å². The van der Waals surface area contributed by atoms with Crippen LogP contribution >= 0.6 is 0 Å². The van der Waals surface area contributed by atoms with E-state index in [0.717, 1.165) is 12.8 Å². The average Bonchev–Trinajstić information content (AvgIpc) is 2.28. The molecule has 0 radical (unpaired) electrons. The molecular formula is C12H22N2O2. The number of hydrogen-bond donors (Lipinski definition) is 1. The molecule has 1 amide bonds. The molecule has 0 aromatic rings. The van der Waals surface area contributed by atoms with Gasteiger partial charge in [0.2, 0.25) is 5.91 Å². The van der Waals surface area contributed by atoms with E-state index in [1.165, 1.54) is 0 Å². The van der Waals surface area contributed by atoms with Crippen molar-refractivity contribution in [2.24, 2.45) is 5.41 Å². The van der Waals surface area contributed by atoms with Crippen molar-refractivity contribution in [3.63, 3.8) is 0 Å². The molecule has 0 fully saturated rings. The third-order valence-corrected chi connectivity index (χ3v) is 2.80. The Labute approximate surface area is 98.0 Å². The lowest BCUT2D eigenvalue weighted by molar-refractivity contribution is -0.128. The molecule has 16 heavy (non-hydrogen) atoms. The van der Waals surface area contributed by atoms with Gasteiger partial charge in [0.25, 0.3) is 0 Å². The van der Waals surface area contributed by atoms with Crippen LogP contribution in [0.5, 0.6) is 0 Å². The van der Waals surface area contributed by atoms with Crippen LogP contribution in [0.25, 0.3) is 0 Å². The van der Waals surface area contributed by atoms with E-state index in [1.54, 1.807) is 14.0 Å². The number of hydrogen-bond acceptors (Lipinski definition) is 3. The monoisotopic (exact) mass is 226 g/mol. The van der Waals surface area contributed by atoms with Gasteiger partial charge in [0, 0.05) is 7.11 Å². The zero-order valence-corrected chi connectivity index (χ0v) is 10.7. The first kappa shape index (κ1) is 14.9. The Kier molecular flexibility index (Phi) is 6.75. The summed E-state index contributed by atoms with van der Waals surface area (Å²) in [7, 11) is 1.61. The number of carbonyl (C=O) groups is 1. The molecule has 0 saturated heterocycles. The number of nitrogens with one attached hydrogen (secondary N) is 1. The number of nitrogens with zero attached hydrogens (tertiary/aromatic N) is 1. The number of rotatable bonds is 7. The van der Waals surface area contributed by atoms with Crippen molar-refractivity contribution in [3.8, 4) is 6.07 Å². The van der Waals surface area contributed by atoms with Crippen LogP contribution in [0.15, 0.2) is 0 Å². The van der Waals surface area contributed by atoms with Crippen LogP contribution < -0.4 is 5.32 Å². The van der Waals surface area contributed by atoms with Gasteiger partial charge in [-0.2, -0.15) is 5.26 Å². The van der Waals surface area contributed by atoms with Crippen LogP contribution in [0.1, 0.15) is 40.0 Å². The van der Waals surface area contributed by atoms with E-state index in [-0.39, 0.29) is 11.9 Å². The van der Waals surface area contributed by atoms with Crippen LogP contribution in [0, 0.1) is 16.7 Å². The Bertz CT molecular complexity index is 254. The fourth-order valence-electron chi connectivity index (χ4n) is 1.38. The van der Waals surface area contributed by atoms with Gasteiger partial charge in [0.15, 0.2) is 0 Å². The Morgan fingerprint density at radius 3 is 2.56 bits per heavy atom. The molecule has 0 aromatic carbocycles. The molecule has 92 valence electrons. The Morgan fingerprint density at radius 1 is 1.56 bits per heavy atom. The summed E-state index contributed by atoms with van der Waals surface area (Å²) in [6.45, 7) is 6.05. The molecule has 4 nitrogen and oxygen atoms in total. The summed E-state index contributed by atoms with van der Waals surface area (Å²) in [5, 5.41) is 11.9. The van der Waals surface area contributed by atoms with Crippen LogP contribution in [0.4, 0.5) is 0 Å². The first-order valence-corrected chi connectivity index (χ1v) is 5.75. The molecule has 0 rings (SSSR count). The van der Waals surface area contributed by atoms with E-state index >= 15 is 0 Å². The summed E-state index contributed by atoms with van der Waals surface area (Å²) < 4.78 is 5.04. The lowest BCUT2D eigenvalue weighted by atomic mass is 9.88. The smallest absolute Gasteiger partial charge is 0.240 e. The number of ether oxygens (including phenoxy) is 1. The molecular weight excluding hydrogens is 204 g/mol. The van der Waals surface area contributed by atoms with Crippen LogP contribution in [-0.4, -0.2) is 25.7 Å². The topological polar surface area (TPSA) is 62.1 Å². The predicted molar refractivity (Wildman–Crippen MR) is 62.7 cm³/mol. The fourth-order valence-corrected chi connectivity index (χ4v) is 1.38. The normalized spacial score (nSPS) is 15.9. The molecule has 2 unspecified atom stereocenters. The van der Waals surface area contributed by atoms with Crippen molar-refractivity contribution in [2.75, 3.05) is 13.7 Å². The highest BCUT2D eigenvalue weighted by atomic mass is 16.5. The minimum atomic E-state index is -0.931.